The molecule has 10 heteroatoms. The van der Waals surface area contributed by atoms with Gasteiger partial charge in [0.15, 0.2) is 9.84 Å². The Morgan fingerprint density at radius 1 is 0.979 bits per heavy atom. The van der Waals surface area contributed by atoms with E-state index in [2.05, 4.69) is 10.3 Å². The van der Waals surface area contributed by atoms with Crippen molar-refractivity contribution in [3.63, 3.8) is 0 Å². The van der Waals surface area contributed by atoms with Crippen molar-refractivity contribution >= 4 is 33.5 Å². The molecule has 3 aliphatic rings. The van der Waals surface area contributed by atoms with E-state index in [0.717, 1.165) is 42.4 Å². The molecule has 2 aliphatic heterocycles. The molecule has 1 aliphatic carbocycles. The van der Waals surface area contributed by atoms with E-state index < -0.39 is 20.6 Å². The van der Waals surface area contributed by atoms with Crippen LogP contribution in [0.15, 0.2) is 88.8 Å². The van der Waals surface area contributed by atoms with E-state index in [1.165, 1.54) is 6.42 Å². The standard InChI is InChI=1S/C37H44N4O5S/c1-26(2)47(44,45)31-20-18-29(19-21-31)32-16-10-11-17-33(32)41-35(42)39-34(38-30-14-8-5-9-15-30)37(41)22-23-40(27(3)24-37)36(43)46-25-28-12-6-4-7-13-28/h4,6-7,10-13,16-21,26-27,30H,5,8-9,14-15,22-25H2,1-3H3,(H,38,39,42)/t27-,37+/m0/s1. The molecule has 1 N–H and O–H groups in total. The smallest absolute Gasteiger partial charge is 0.410 e. The third-order valence-electron chi connectivity index (χ3n) is 9.84. The van der Waals surface area contributed by atoms with Gasteiger partial charge in [0, 0.05) is 24.2 Å². The summed E-state index contributed by atoms with van der Waals surface area (Å²) in [7, 11) is -3.43. The largest absolute Gasteiger partial charge is 0.445 e. The number of amides is 3. The van der Waals surface area contributed by atoms with E-state index in [1.807, 2.05) is 66.4 Å². The predicted molar refractivity (Wildman–Crippen MR) is 184 cm³/mol. The van der Waals surface area contributed by atoms with Crippen molar-refractivity contribution in [3.8, 4) is 11.1 Å². The monoisotopic (exact) mass is 656 g/mol. The van der Waals surface area contributed by atoms with E-state index in [4.69, 9.17) is 4.74 Å². The lowest BCUT2D eigenvalue weighted by molar-refractivity contribution is 0.0641. The molecule has 6 rings (SSSR count). The molecule has 1 spiro atoms. The van der Waals surface area contributed by atoms with E-state index in [9.17, 15) is 18.0 Å². The zero-order chi connectivity index (χ0) is 33.2. The van der Waals surface area contributed by atoms with Gasteiger partial charge in [-0.05, 0) is 75.8 Å². The lowest BCUT2D eigenvalue weighted by Crippen LogP contribution is -2.64. The summed E-state index contributed by atoms with van der Waals surface area (Å²) in [5.74, 6) is 0.673. The van der Waals surface area contributed by atoms with Gasteiger partial charge in [0.2, 0.25) is 0 Å². The number of urea groups is 1. The highest BCUT2D eigenvalue weighted by atomic mass is 32.2. The fourth-order valence-corrected chi connectivity index (χ4v) is 8.27. The first kappa shape index (κ1) is 32.7. The fourth-order valence-electron chi connectivity index (χ4n) is 7.21. The maximum Gasteiger partial charge on any atom is 0.410 e. The molecule has 248 valence electrons. The van der Waals surface area contributed by atoms with Crippen LogP contribution in [0.25, 0.3) is 11.1 Å². The zero-order valence-electron chi connectivity index (χ0n) is 27.4. The quantitative estimate of drug-likeness (QED) is 0.285. The van der Waals surface area contributed by atoms with Gasteiger partial charge in [-0.1, -0.05) is 79.9 Å². The number of anilines is 1. The maximum absolute atomic E-state index is 14.0. The van der Waals surface area contributed by atoms with Gasteiger partial charge in [0.05, 0.1) is 15.8 Å². The van der Waals surface area contributed by atoms with Gasteiger partial charge in [-0.15, -0.1) is 0 Å². The second-order valence-corrected chi connectivity index (χ2v) is 15.8. The zero-order valence-corrected chi connectivity index (χ0v) is 28.2. The summed E-state index contributed by atoms with van der Waals surface area (Å²) >= 11 is 0. The summed E-state index contributed by atoms with van der Waals surface area (Å²) in [6.45, 7) is 5.94. The number of hydrogen-bond acceptors (Lipinski definition) is 6. The van der Waals surface area contributed by atoms with Gasteiger partial charge < -0.3 is 15.0 Å². The van der Waals surface area contributed by atoms with Crippen LogP contribution in [0, 0.1) is 0 Å². The second-order valence-electron chi connectivity index (χ2n) is 13.3. The first-order valence-corrected chi connectivity index (χ1v) is 18.3. The number of piperidine rings is 1. The Balaban J connectivity index is 1.32. The lowest BCUT2D eigenvalue weighted by atomic mass is 9.80. The van der Waals surface area contributed by atoms with Crippen molar-refractivity contribution in [3.05, 3.63) is 84.4 Å². The van der Waals surface area contributed by atoms with Crippen LogP contribution in [0.4, 0.5) is 15.3 Å². The highest BCUT2D eigenvalue weighted by Gasteiger charge is 2.55. The minimum absolute atomic E-state index is 0.194. The van der Waals surface area contributed by atoms with Gasteiger partial charge in [-0.3, -0.25) is 4.90 Å². The van der Waals surface area contributed by atoms with Gasteiger partial charge in [-0.25, -0.2) is 18.0 Å². The molecule has 0 radical (unpaired) electrons. The number of carbonyl (C=O) groups excluding carboxylic acids is 2. The van der Waals surface area contributed by atoms with Crippen LogP contribution in [0.1, 0.15) is 71.3 Å². The van der Waals surface area contributed by atoms with Gasteiger partial charge >= 0.3 is 12.1 Å². The number of amidine groups is 1. The molecular weight excluding hydrogens is 612 g/mol. The summed E-state index contributed by atoms with van der Waals surface area (Å²) in [6, 6.07) is 23.9. The molecule has 3 aromatic rings. The average molecular weight is 657 g/mol. The van der Waals surface area contributed by atoms with Crippen molar-refractivity contribution in [2.24, 2.45) is 4.99 Å². The number of ether oxygens (including phenoxy) is 1. The summed E-state index contributed by atoms with van der Waals surface area (Å²) in [5, 5.41) is 3.17. The Kier molecular flexibility index (Phi) is 9.41. The minimum Gasteiger partial charge on any atom is -0.445 e. The van der Waals surface area contributed by atoms with Crippen molar-refractivity contribution in [2.75, 3.05) is 11.4 Å². The SMILES string of the molecule is CC(C)S(=O)(=O)c1ccc(-c2ccccc2N2C(=O)N=C(NC3CCCCC3)[C@]23CCN(C(=O)OCc2ccccc2)[C@@H](C)C3)cc1. The molecule has 3 aromatic carbocycles. The Hall–Kier alpha value is -4.18. The Bertz CT molecular complexity index is 1740. The molecule has 9 nitrogen and oxygen atoms in total. The maximum atomic E-state index is 14.0. The average Bonchev–Trinajstić information content (AvgIpc) is 3.33. The van der Waals surface area contributed by atoms with Crippen molar-refractivity contribution in [1.82, 2.24) is 10.2 Å². The minimum atomic E-state index is -3.43. The Morgan fingerprint density at radius 3 is 2.34 bits per heavy atom. The Morgan fingerprint density at radius 2 is 1.66 bits per heavy atom. The second kappa shape index (κ2) is 13.5. The normalized spacial score (nSPS) is 22.1. The topological polar surface area (TPSA) is 108 Å². The summed E-state index contributed by atoms with van der Waals surface area (Å²) in [4.78, 5) is 35.9. The highest BCUT2D eigenvalue weighted by Crippen LogP contribution is 2.44. The predicted octanol–water partition coefficient (Wildman–Crippen LogP) is 7.36. The van der Waals surface area contributed by atoms with Crippen molar-refractivity contribution < 1.29 is 22.7 Å². The molecule has 0 bridgehead atoms. The molecule has 1 saturated carbocycles. The number of likely N-dealkylation sites (tertiary alicyclic amines) is 1. The number of hydrogen-bond donors (Lipinski definition) is 1. The first-order valence-electron chi connectivity index (χ1n) is 16.7. The highest BCUT2D eigenvalue weighted by molar-refractivity contribution is 7.92. The third-order valence-corrected chi connectivity index (χ3v) is 12.0. The summed E-state index contributed by atoms with van der Waals surface area (Å²) in [5.41, 5.74) is 2.44. The third kappa shape index (κ3) is 6.52. The van der Waals surface area contributed by atoms with Crippen LogP contribution in [0.3, 0.4) is 0 Å². The van der Waals surface area contributed by atoms with Crippen LogP contribution in [0.5, 0.6) is 0 Å². The number of nitrogens with one attached hydrogen (secondary N) is 1. The Labute approximate surface area is 277 Å². The summed E-state index contributed by atoms with van der Waals surface area (Å²) in [6.07, 6.45) is 6.14. The van der Waals surface area contributed by atoms with Crippen LogP contribution >= 0.6 is 0 Å². The molecular formula is C37H44N4O5S. The molecule has 0 aromatic heterocycles. The van der Waals surface area contributed by atoms with E-state index >= 15 is 0 Å². The number of rotatable bonds is 7. The van der Waals surface area contributed by atoms with Gasteiger partial charge in [-0.2, -0.15) is 4.99 Å². The molecule has 2 fully saturated rings. The number of sulfone groups is 1. The molecule has 3 amide bonds. The van der Waals surface area contributed by atoms with Crippen LogP contribution < -0.4 is 10.2 Å². The number of benzene rings is 3. The molecule has 2 heterocycles. The lowest BCUT2D eigenvalue weighted by Gasteiger charge is -2.48. The fraction of sp³-hybridized carbons (Fsp3) is 0.432. The first-order chi connectivity index (χ1) is 22.6. The number of carbonyl (C=O) groups is 2. The van der Waals surface area contributed by atoms with Gasteiger partial charge in [0.25, 0.3) is 0 Å². The van der Waals surface area contributed by atoms with Crippen LogP contribution in [-0.2, 0) is 21.2 Å². The van der Waals surface area contributed by atoms with E-state index in [0.29, 0.717) is 30.9 Å². The van der Waals surface area contributed by atoms with Crippen molar-refractivity contribution in [2.45, 2.75) is 100 Å². The van der Waals surface area contributed by atoms with E-state index in [-0.39, 0.29) is 35.7 Å². The van der Waals surface area contributed by atoms with Crippen molar-refractivity contribution in [1.29, 1.82) is 0 Å². The van der Waals surface area contributed by atoms with Gasteiger partial charge in [0.1, 0.15) is 18.0 Å². The molecule has 0 unspecified atom stereocenters. The molecule has 47 heavy (non-hydrogen) atoms. The molecule has 2 atom stereocenters. The number of nitrogens with zero attached hydrogens (tertiary/aromatic N) is 3. The van der Waals surface area contributed by atoms with Crippen LogP contribution in [-0.4, -0.2) is 60.7 Å². The summed E-state index contributed by atoms with van der Waals surface area (Å²) < 4.78 is 31.3. The number of aliphatic imine (C=N–C) groups is 1. The van der Waals surface area contributed by atoms with Crippen LogP contribution in [0.2, 0.25) is 0 Å². The number of para-hydroxylation sites is 1. The molecule has 1 saturated heterocycles. The van der Waals surface area contributed by atoms with E-state index in [1.54, 1.807) is 43.0 Å².